The molecule has 3 aromatic rings. The van der Waals surface area contributed by atoms with Gasteiger partial charge in [0, 0.05) is 29.2 Å². The number of aryl methyl sites for hydroxylation is 1. The number of hydrogen-bond donors (Lipinski definition) is 2. The van der Waals surface area contributed by atoms with Gasteiger partial charge in [-0.25, -0.2) is 4.98 Å². The van der Waals surface area contributed by atoms with E-state index >= 15 is 0 Å². The first kappa shape index (κ1) is 18.9. The van der Waals surface area contributed by atoms with Gasteiger partial charge in [-0.1, -0.05) is 24.3 Å². The van der Waals surface area contributed by atoms with E-state index in [1.165, 1.54) is 0 Å². The van der Waals surface area contributed by atoms with Crippen LogP contribution in [0.4, 0.5) is 0 Å². The number of para-hydroxylation sites is 1. The molecule has 0 saturated carbocycles. The molecule has 0 saturated heterocycles. The predicted octanol–water partition coefficient (Wildman–Crippen LogP) is 3.72. The topological polar surface area (TPSA) is 71.5 Å². The standard InChI is InChI=1S/C22H24N2O3/c1-14-13-19(24-21-18(14)5-4-6-20(21)27-3)16-7-9-17(10-8-16)22(26)23-15(2)11-12-25/h4-10,13,15,25H,11-12H2,1-3H3,(H,23,26)/t15-/m0/s1. The number of nitrogens with zero attached hydrogens (tertiary/aromatic N) is 1. The third-order valence-corrected chi connectivity index (χ3v) is 4.61. The molecule has 0 aliphatic carbocycles. The Balaban J connectivity index is 1.90. The number of ether oxygens (including phenoxy) is 1. The summed E-state index contributed by atoms with van der Waals surface area (Å²) < 4.78 is 5.45. The fraction of sp³-hybridized carbons (Fsp3) is 0.273. The first-order valence-corrected chi connectivity index (χ1v) is 9.00. The van der Waals surface area contributed by atoms with Gasteiger partial charge in [0.2, 0.25) is 0 Å². The van der Waals surface area contributed by atoms with Gasteiger partial charge in [0.1, 0.15) is 11.3 Å². The van der Waals surface area contributed by atoms with Crippen molar-refractivity contribution in [1.82, 2.24) is 10.3 Å². The highest BCUT2D eigenvalue weighted by Crippen LogP contribution is 2.30. The number of amides is 1. The summed E-state index contributed by atoms with van der Waals surface area (Å²) in [5.41, 5.74) is 4.30. The van der Waals surface area contributed by atoms with E-state index in [-0.39, 0.29) is 18.6 Å². The van der Waals surface area contributed by atoms with Crippen molar-refractivity contribution >= 4 is 16.8 Å². The number of aliphatic hydroxyl groups is 1. The molecule has 2 aromatic carbocycles. The number of benzene rings is 2. The Labute approximate surface area is 159 Å². The molecule has 1 atom stereocenters. The number of aliphatic hydroxyl groups excluding tert-OH is 1. The van der Waals surface area contributed by atoms with Crippen molar-refractivity contribution in [2.45, 2.75) is 26.3 Å². The van der Waals surface area contributed by atoms with Gasteiger partial charge in [-0.15, -0.1) is 0 Å². The number of methoxy groups -OCH3 is 1. The van der Waals surface area contributed by atoms with E-state index in [9.17, 15) is 4.79 Å². The molecule has 5 heteroatoms. The summed E-state index contributed by atoms with van der Waals surface area (Å²) in [7, 11) is 1.64. The van der Waals surface area contributed by atoms with Gasteiger partial charge < -0.3 is 15.2 Å². The van der Waals surface area contributed by atoms with Crippen LogP contribution in [-0.4, -0.2) is 35.8 Å². The number of fused-ring (bicyclic) bond motifs is 1. The molecule has 0 aliphatic heterocycles. The lowest BCUT2D eigenvalue weighted by Crippen LogP contribution is -2.33. The zero-order chi connectivity index (χ0) is 19.4. The minimum Gasteiger partial charge on any atom is -0.494 e. The smallest absolute Gasteiger partial charge is 0.251 e. The number of carbonyl (C=O) groups is 1. The molecule has 5 nitrogen and oxygen atoms in total. The zero-order valence-corrected chi connectivity index (χ0v) is 15.8. The van der Waals surface area contributed by atoms with E-state index in [4.69, 9.17) is 14.8 Å². The lowest BCUT2D eigenvalue weighted by molar-refractivity contribution is 0.0934. The van der Waals surface area contributed by atoms with Crippen LogP contribution in [0.25, 0.3) is 22.2 Å². The van der Waals surface area contributed by atoms with Crippen LogP contribution in [-0.2, 0) is 0 Å². The second-order valence-corrected chi connectivity index (χ2v) is 6.64. The van der Waals surface area contributed by atoms with Crippen molar-refractivity contribution < 1.29 is 14.6 Å². The van der Waals surface area contributed by atoms with E-state index in [2.05, 4.69) is 12.2 Å². The Bertz CT molecular complexity index is 952. The van der Waals surface area contributed by atoms with Crippen molar-refractivity contribution in [1.29, 1.82) is 0 Å². The minimum atomic E-state index is -0.146. The van der Waals surface area contributed by atoms with Crippen LogP contribution in [0.5, 0.6) is 5.75 Å². The molecule has 27 heavy (non-hydrogen) atoms. The van der Waals surface area contributed by atoms with Gasteiger partial charge in [-0.2, -0.15) is 0 Å². The fourth-order valence-electron chi connectivity index (χ4n) is 3.07. The predicted molar refractivity (Wildman–Crippen MR) is 107 cm³/mol. The molecule has 1 heterocycles. The summed E-state index contributed by atoms with van der Waals surface area (Å²) >= 11 is 0. The van der Waals surface area contributed by atoms with E-state index in [0.717, 1.165) is 33.5 Å². The lowest BCUT2D eigenvalue weighted by Gasteiger charge is -2.13. The van der Waals surface area contributed by atoms with E-state index in [0.29, 0.717) is 12.0 Å². The molecular formula is C22H24N2O3. The zero-order valence-electron chi connectivity index (χ0n) is 15.8. The molecule has 0 aliphatic rings. The Morgan fingerprint density at radius 1 is 1.22 bits per heavy atom. The van der Waals surface area contributed by atoms with Crippen LogP contribution >= 0.6 is 0 Å². The molecule has 2 N–H and O–H groups in total. The number of carbonyl (C=O) groups excluding carboxylic acids is 1. The summed E-state index contributed by atoms with van der Waals surface area (Å²) in [6.07, 6.45) is 0.534. The second kappa shape index (κ2) is 8.18. The molecular weight excluding hydrogens is 340 g/mol. The quantitative estimate of drug-likeness (QED) is 0.699. The van der Waals surface area contributed by atoms with E-state index < -0.39 is 0 Å². The molecule has 3 rings (SSSR count). The average Bonchev–Trinajstić information content (AvgIpc) is 2.67. The number of nitrogens with one attached hydrogen (secondary N) is 1. The highest BCUT2D eigenvalue weighted by molar-refractivity contribution is 5.95. The monoisotopic (exact) mass is 364 g/mol. The first-order valence-electron chi connectivity index (χ1n) is 9.00. The Kier molecular flexibility index (Phi) is 5.72. The molecule has 0 spiro atoms. The van der Waals surface area contributed by atoms with Gasteiger partial charge in [-0.3, -0.25) is 4.79 Å². The Hall–Kier alpha value is -2.92. The molecule has 1 aromatic heterocycles. The maximum Gasteiger partial charge on any atom is 0.251 e. The SMILES string of the molecule is COc1cccc2c(C)cc(-c3ccc(C(=O)N[C@@H](C)CCO)cc3)nc12. The number of rotatable bonds is 6. The maximum absolute atomic E-state index is 12.3. The molecule has 1 amide bonds. The highest BCUT2D eigenvalue weighted by atomic mass is 16.5. The number of pyridine rings is 1. The van der Waals surface area contributed by atoms with Gasteiger partial charge in [0.15, 0.2) is 0 Å². The number of hydrogen-bond acceptors (Lipinski definition) is 4. The van der Waals surface area contributed by atoms with Crippen LogP contribution in [0, 0.1) is 6.92 Å². The van der Waals surface area contributed by atoms with Crippen LogP contribution in [0.1, 0.15) is 29.3 Å². The largest absolute Gasteiger partial charge is 0.494 e. The van der Waals surface area contributed by atoms with Gasteiger partial charge in [-0.05, 0) is 50.1 Å². The third-order valence-electron chi connectivity index (χ3n) is 4.61. The summed E-state index contributed by atoms with van der Waals surface area (Å²) in [4.78, 5) is 17.0. The summed E-state index contributed by atoms with van der Waals surface area (Å²) in [6.45, 7) is 3.98. The molecule has 0 bridgehead atoms. The van der Waals surface area contributed by atoms with Crippen LogP contribution < -0.4 is 10.1 Å². The molecule has 0 fully saturated rings. The second-order valence-electron chi connectivity index (χ2n) is 6.64. The van der Waals surface area contributed by atoms with Crippen molar-refractivity contribution in [3.63, 3.8) is 0 Å². The minimum absolute atomic E-state index is 0.0524. The average molecular weight is 364 g/mol. The van der Waals surface area contributed by atoms with Crippen LogP contribution in [0.15, 0.2) is 48.5 Å². The van der Waals surface area contributed by atoms with Crippen molar-refractivity contribution in [3.8, 4) is 17.0 Å². The first-order chi connectivity index (χ1) is 13.0. The van der Waals surface area contributed by atoms with E-state index in [1.54, 1.807) is 19.2 Å². The van der Waals surface area contributed by atoms with Crippen molar-refractivity contribution in [3.05, 3.63) is 59.7 Å². The fourth-order valence-corrected chi connectivity index (χ4v) is 3.07. The van der Waals surface area contributed by atoms with Crippen LogP contribution in [0.2, 0.25) is 0 Å². The molecule has 140 valence electrons. The maximum atomic E-state index is 12.3. The number of aromatic nitrogens is 1. The van der Waals surface area contributed by atoms with Crippen LogP contribution in [0.3, 0.4) is 0 Å². The Morgan fingerprint density at radius 2 is 1.96 bits per heavy atom. The highest BCUT2D eigenvalue weighted by Gasteiger charge is 2.12. The summed E-state index contributed by atoms with van der Waals surface area (Å²) in [6, 6.07) is 15.2. The van der Waals surface area contributed by atoms with Crippen molar-refractivity contribution in [2.75, 3.05) is 13.7 Å². The summed E-state index contributed by atoms with van der Waals surface area (Å²) in [5, 5.41) is 12.9. The third kappa shape index (κ3) is 4.09. The lowest BCUT2D eigenvalue weighted by atomic mass is 10.0. The normalized spacial score (nSPS) is 12.0. The summed E-state index contributed by atoms with van der Waals surface area (Å²) in [5.74, 6) is 0.595. The van der Waals surface area contributed by atoms with Gasteiger partial charge in [0.25, 0.3) is 5.91 Å². The molecule has 0 radical (unpaired) electrons. The van der Waals surface area contributed by atoms with Gasteiger partial charge in [0.05, 0.1) is 12.8 Å². The Morgan fingerprint density at radius 3 is 2.63 bits per heavy atom. The van der Waals surface area contributed by atoms with E-state index in [1.807, 2.05) is 43.3 Å². The molecule has 0 unspecified atom stereocenters. The van der Waals surface area contributed by atoms with Crippen molar-refractivity contribution in [2.24, 2.45) is 0 Å². The van der Waals surface area contributed by atoms with Gasteiger partial charge >= 0.3 is 0 Å².